The van der Waals surface area contributed by atoms with Crippen molar-refractivity contribution in [3.8, 4) is 11.1 Å². The number of hydrogen-bond donors (Lipinski definition) is 0. The summed E-state index contributed by atoms with van der Waals surface area (Å²) >= 11 is 1.88. The van der Waals surface area contributed by atoms with E-state index in [0.717, 1.165) is 12.8 Å². The van der Waals surface area contributed by atoms with Crippen LogP contribution >= 0.6 is 11.3 Å². The van der Waals surface area contributed by atoms with E-state index in [0.29, 0.717) is 0 Å². The van der Waals surface area contributed by atoms with Crippen molar-refractivity contribution in [2.75, 3.05) is 4.90 Å². The van der Waals surface area contributed by atoms with Gasteiger partial charge in [-0.05, 0) is 71.3 Å². The molecule has 0 atom stereocenters. The van der Waals surface area contributed by atoms with E-state index in [9.17, 15) is 0 Å². The van der Waals surface area contributed by atoms with Crippen molar-refractivity contribution in [3.63, 3.8) is 0 Å². The minimum absolute atomic E-state index is 1.12. The molecular formula is C33H26N2S. The van der Waals surface area contributed by atoms with Gasteiger partial charge in [-0.1, -0.05) is 62.4 Å². The van der Waals surface area contributed by atoms with Gasteiger partial charge in [0.2, 0.25) is 0 Å². The highest BCUT2D eigenvalue weighted by Crippen LogP contribution is 2.53. The molecule has 0 N–H and O–H groups in total. The molecule has 1 aliphatic carbocycles. The normalized spacial score (nSPS) is 13.4. The number of aryl methyl sites for hydroxylation is 1. The van der Waals surface area contributed by atoms with Crippen LogP contribution in [-0.2, 0) is 6.42 Å². The zero-order valence-electron chi connectivity index (χ0n) is 20.5. The van der Waals surface area contributed by atoms with E-state index in [1.807, 2.05) is 37.6 Å². The molecule has 2 aromatic heterocycles. The number of rotatable bonds is 1. The summed E-state index contributed by atoms with van der Waals surface area (Å²) in [5.74, 6) is 0. The molecule has 3 heteroatoms. The number of thiophene rings is 1. The number of anilines is 3. The van der Waals surface area contributed by atoms with E-state index < -0.39 is 0 Å². The van der Waals surface area contributed by atoms with Crippen LogP contribution in [0.25, 0.3) is 48.1 Å². The molecular weight excluding hydrogens is 456 g/mol. The molecule has 0 bridgehead atoms. The Morgan fingerprint density at radius 1 is 0.778 bits per heavy atom. The zero-order chi connectivity index (χ0) is 24.2. The summed E-state index contributed by atoms with van der Waals surface area (Å²) in [4.78, 5) is 6.97. The van der Waals surface area contributed by atoms with Crippen LogP contribution < -0.4 is 4.90 Å². The predicted molar refractivity (Wildman–Crippen MR) is 157 cm³/mol. The van der Waals surface area contributed by atoms with E-state index in [1.165, 1.54) is 70.3 Å². The fourth-order valence-electron chi connectivity index (χ4n) is 5.83. The van der Waals surface area contributed by atoms with Crippen LogP contribution in [0.3, 0.4) is 0 Å². The van der Waals surface area contributed by atoms with Gasteiger partial charge in [0.1, 0.15) is 0 Å². The van der Waals surface area contributed by atoms with Gasteiger partial charge >= 0.3 is 0 Å². The van der Waals surface area contributed by atoms with Gasteiger partial charge < -0.3 is 4.90 Å². The molecule has 6 aromatic rings. The Bertz CT molecular complexity index is 1830. The monoisotopic (exact) mass is 482 g/mol. The smallest absolute Gasteiger partial charge is 0.0571 e. The molecule has 0 saturated carbocycles. The van der Waals surface area contributed by atoms with Crippen molar-refractivity contribution >= 4 is 65.4 Å². The van der Waals surface area contributed by atoms with Gasteiger partial charge in [0.25, 0.3) is 0 Å². The third kappa shape index (κ3) is 2.99. The first kappa shape index (κ1) is 21.3. The first-order valence-corrected chi connectivity index (χ1v) is 13.6. The van der Waals surface area contributed by atoms with Crippen molar-refractivity contribution in [2.24, 2.45) is 0 Å². The molecule has 2 aliphatic rings. The Hall–Kier alpha value is -3.95. The minimum Gasteiger partial charge on any atom is -0.309 e. The summed E-state index contributed by atoms with van der Waals surface area (Å²) in [5, 5.41) is 5.34. The molecule has 4 aromatic carbocycles. The molecule has 0 unspecified atom stereocenters. The van der Waals surface area contributed by atoms with Crippen LogP contribution in [0, 0.1) is 0 Å². The number of pyridine rings is 1. The lowest BCUT2D eigenvalue weighted by atomic mass is 9.89. The van der Waals surface area contributed by atoms with Crippen LogP contribution in [0.5, 0.6) is 0 Å². The summed E-state index contributed by atoms with van der Waals surface area (Å²) < 4.78 is 2.67. The van der Waals surface area contributed by atoms with Gasteiger partial charge in [0.05, 0.1) is 11.4 Å². The fourth-order valence-corrected chi connectivity index (χ4v) is 6.99. The number of aromatic nitrogens is 1. The molecule has 1 aliphatic heterocycles. The van der Waals surface area contributed by atoms with Crippen LogP contribution in [-0.4, -0.2) is 4.98 Å². The molecule has 3 heterocycles. The molecule has 0 radical (unpaired) electrons. The van der Waals surface area contributed by atoms with E-state index in [2.05, 4.69) is 94.8 Å². The topological polar surface area (TPSA) is 16.1 Å². The molecule has 2 nitrogen and oxygen atoms in total. The van der Waals surface area contributed by atoms with Crippen molar-refractivity contribution in [1.29, 1.82) is 0 Å². The molecule has 8 rings (SSSR count). The SMILES string of the molecule is C1=Cc2cc(N3c4ccncc4-c4cc5sc6ccccc6c5c5cccc3c45)ccc2CC1.CC. The standard InChI is InChI=1S/C31H20N2S.C2H6/c1-2-7-20-16-21(13-12-19(20)6-1)33-26-14-15-32-18-25(26)24-17-29-31(22-8-3-4-11-28(22)34-29)23-9-5-10-27(33)30(23)24;1-2/h2-5,7-18H,1,6H2;1-2H3. The first-order chi connectivity index (χ1) is 17.9. The van der Waals surface area contributed by atoms with Crippen LogP contribution in [0.2, 0.25) is 0 Å². The Kier molecular flexibility index (Phi) is 4.93. The number of allylic oxidation sites excluding steroid dienone is 1. The lowest BCUT2D eigenvalue weighted by Crippen LogP contribution is -2.15. The average molecular weight is 483 g/mol. The van der Waals surface area contributed by atoms with Crippen molar-refractivity contribution < 1.29 is 0 Å². The molecule has 36 heavy (non-hydrogen) atoms. The summed E-state index contributed by atoms with van der Waals surface area (Å²) in [6.07, 6.45) is 10.7. The van der Waals surface area contributed by atoms with Gasteiger partial charge in [-0.25, -0.2) is 0 Å². The van der Waals surface area contributed by atoms with E-state index in [-0.39, 0.29) is 0 Å². The summed E-state index contributed by atoms with van der Waals surface area (Å²) in [6.45, 7) is 4.00. The van der Waals surface area contributed by atoms with Gasteiger partial charge in [-0.2, -0.15) is 0 Å². The predicted octanol–water partition coefficient (Wildman–Crippen LogP) is 10.0. The molecule has 0 saturated heterocycles. The van der Waals surface area contributed by atoms with Gasteiger partial charge in [-0.3, -0.25) is 4.98 Å². The second-order valence-electron chi connectivity index (χ2n) is 9.15. The maximum Gasteiger partial charge on any atom is 0.0571 e. The van der Waals surface area contributed by atoms with E-state index in [1.54, 1.807) is 0 Å². The Balaban J connectivity index is 0.00000108. The zero-order valence-corrected chi connectivity index (χ0v) is 21.3. The first-order valence-electron chi connectivity index (χ1n) is 12.8. The second-order valence-corrected chi connectivity index (χ2v) is 10.2. The quantitative estimate of drug-likeness (QED) is 0.231. The fraction of sp³-hybridized carbons (Fsp3) is 0.121. The molecule has 0 amide bonds. The van der Waals surface area contributed by atoms with Gasteiger partial charge in [-0.15, -0.1) is 11.3 Å². The lowest BCUT2D eigenvalue weighted by Gasteiger charge is -2.34. The van der Waals surface area contributed by atoms with Crippen molar-refractivity contribution in [3.05, 3.63) is 102 Å². The number of nitrogens with zero attached hydrogens (tertiary/aromatic N) is 2. The summed E-state index contributed by atoms with van der Waals surface area (Å²) in [6, 6.07) is 27.0. The Labute approximate surface area is 215 Å². The van der Waals surface area contributed by atoms with Crippen molar-refractivity contribution in [2.45, 2.75) is 26.7 Å². The number of hydrogen-bond acceptors (Lipinski definition) is 3. The highest BCUT2D eigenvalue weighted by molar-refractivity contribution is 7.26. The Morgan fingerprint density at radius 2 is 1.67 bits per heavy atom. The minimum atomic E-state index is 1.12. The third-order valence-corrected chi connectivity index (χ3v) is 8.43. The summed E-state index contributed by atoms with van der Waals surface area (Å²) in [7, 11) is 0. The number of benzene rings is 4. The average Bonchev–Trinajstić information content (AvgIpc) is 3.33. The highest BCUT2D eigenvalue weighted by Gasteiger charge is 2.28. The third-order valence-electron chi connectivity index (χ3n) is 7.31. The van der Waals surface area contributed by atoms with Crippen LogP contribution in [0.15, 0.2) is 91.3 Å². The second kappa shape index (κ2) is 8.32. The molecule has 174 valence electrons. The molecule has 0 fully saturated rings. The van der Waals surface area contributed by atoms with Crippen LogP contribution in [0.4, 0.5) is 17.1 Å². The number of fused-ring (bicyclic) bond motifs is 7. The highest BCUT2D eigenvalue weighted by atomic mass is 32.1. The van der Waals surface area contributed by atoms with Crippen LogP contribution in [0.1, 0.15) is 31.4 Å². The molecule has 0 spiro atoms. The van der Waals surface area contributed by atoms with E-state index in [4.69, 9.17) is 0 Å². The summed E-state index contributed by atoms with van der Waals surface area (Å²) in [5.41, 5.74) is 8.87. The maximum atomic E-state index is 4.54. The lowest BCUT2D eigenvalue weighted by molar-refractivity contribution is 0.985. The van der Waals surface area contributed by atoms with Gasteiger partial charge in [0, 0.05) is 49.2 Å². The Morgan fingerprint density at radius 3 is 2.61 bits per heavy atom. The van der Waals surface area contributed by atoms with E-state index >= 15 is 0 Å². The largest absolute Gasteiger partial charge is 0.309 e. The van der Waals surface area contributed by atoms with Gasteiger partial charge in [0.15, 0.2) is 0 Å². The van der Waals surface area contributed by atoms with Crippen molar-refractivity contribution in [1.82, 2.24) is 4.98 Å². The maximum absolute atomic E-state index is 4.54.